The SMILES string of the molecule is Cc1ccccc1-c1ccc(C(C)OC(=O)C(C)N)cc1. The fourth-order valence-electron chi connectivity index (χ4n) is 2.18. The zero-order valence-electron chi connectivity index (χ0n) is 12.7. The van der Waals surface area contributed by atoms with Crippen LogP contribution in [0.2, 0.25) is 0 Å². The lowest BCUT2D eigenvalue weighted by atomic mass is 9.99. The van der Waals surface area contributed by atoms with Crippen LogP contribution in [0.15, 0.2) is 48.5 Å². The summed E-state index contributed by atoms with van der Waals surface area (Å²) in [5, 5.41) is 0. The highest BCUT2D eigenvalue weighted by Crippen LogP contribution is 2.25. The Morgan fingerprint density at radius 1 is 1.05 bits per heavy atom. The second-order valence-corrected chi connectivity index (χ2v) is 5.30. The summed E-state index contributed by atoms with van der Waals surface area (Å²) >= 11 is 0. The largest absolute Gasteiger partial charge is 0.457 e. The van der Waals surface area contributed by atoms with Gasteiger partial charge in [-0.3, -0.25) is 4.79 Å². The van der Waals surface area contributed by atoms with Crippen LogP contribution in [-0.4, -0.2) is 12.0 Å². The minimum absolute atomic E-state index is 0.297. The number of nitrogens with two attached hydrogens (primary N) is 1. The minimum atomic E-state index is -0.598. The van der Waals surface area contributed by atoms with Gasteiger partial charge in [0, 0.05) is 0 Å². The number of aryl methyl sites for hydroxylation is 1. The standard InChI is InChI=1S/C18H21NO2/c1-12-6-4-5-7-17(12)16-10-8-15(9-11-16)14(3)21-18(20)13(2)19/h4-11,13-14H,19H2,1-3H3. The Morgan fingerprint density at radius 3 is 2.24 bits per heavy atom. The van der Waals surface area contributed by atoms with E-state index < -0.39 is 6.04 Å². The molecule has 0 heterocycles. The van der Waals surface area contributed by atoms with Gasteiger partial charge in [-0.2, -0.15) is 0 Å². The van der Waals surface area contributed by atoms with Crippen LogP contribution in [-0.2, 0) is 9.53 Å². The Bertz CT molecular complexity index is 617. The summed E-state index contributed by atoms with van der Waals surface area (Å²) in [6.45, 7) is 5.57. The topological polar surface area (TPSA) is 52.3 Å². The monoisotopic (exact) mass is 283 g/mol. The predicted molar refractivity (Wildman–Crippen MR) is 84.8 cm³/mol. The smallest absolute Gasteiger partial charge is 0.323 e. The predicted octanol–water partition coefficient (Wildman–Crippen LogP) is 3.61. The number of ether oxygens (including phenoxy) is 1. The van der Waals surface area contributed by atoms with Crippen molar-refractivity contribution in [1.29, 1.82) is 0 Å². The first kappa shape index (κ1) is 15.3. The molecule has 0 saturated carbocycles. The van der Waals surface area contributed by atoms with Gasteiger partial charge in [0.05, 0.1) is 0 Å². The van der Waals surface area contributed by atoms with Crippen LogP contribution in [0.4, 0.5) is 0 Å². The third kappa shape index (κ3) is 3.70. The highest BCUT2D eigenvalue weighted by molar-refractivity contribution is 5.75. The van der Waals surface area contributed by atoms with E-state index in [9.17, 15) is 4.79 Å². The maximum atomic E-state index is 11.5. The van der Waals surface area contributed by atoms with Crippen molar-refractivity contribution < 1.29 is 9.53 Å². The van der Waals surface area contributed by atoms with Gasteiger partial charge in [0.1, 0.15) is 12.1 Å². The van der Waals surface area contributed by atoms with Crippen molar-refractivity contribution in [3.05, 3.63) is 59.7 Å². The Hall–Kier alpha value is -2.13. The van der Waals surface area contributed by atoms with Gasteiger partial charge in [-0.25, -0.2) is 0 Å². The fraction of sp³-hybridized carbons (Fsp3) is 0.278. The maximum absolute atomic E-state index is 11.5. The molecule has 21 heavy (non-hydrogen) atoms. The Morgan fingerprint density at radius 2 is 1.67 bits per heavy atom. The Labute approximate surface area is 125 Å². The fourth-order valence-corrected chi connectivity index (χ4v) is 2.18. The summed E-state index contributed by atoms with van der Waals surface area (Å²) in [7, 11) is 0. The van der Waals surface area contributed by atoms with Crippen molar-refractivity contribution in [3.8, 4) is 11.1 Å². The number of hydrogen-bond donors (Lipinski definition) is 1. The maximum Gasteiger partial charge on any atom is 0.323 e. The highest BCUT2D eigenvalue weighted by Gasteiger charge is 2.15. The second-order valence-electron chi connectivity index (χ2n) is 5.30. The summed E-state index contributed by atoms with van der Waals surface area (Å²) in [6.07, 6.45) is -0.297. The molecule has 3 heteroatoms. The number of benzene rings is 2. The zero-order chi connectivity index (χ0) is 15.4. The van der Waals surface area contributed by atoms with Gasteiger partial charge in [-0.15, -0.1) is 0 Å². The molecule has 2 atom stereocenters. The van der Waals surface area contributed by atoms with E-state index in [0.29, 0.717) is 0 Å². The molecule has 110 valence electrons. The molecular weight excluding hydrogens is 262 g/mol. The van der Waals surface area contributed by atoms with Gasteiger partial charge in [-0.1, -0.05) is 48.5 Å². The Balaban J connectivity index is 2.16. The lowest BCUT2D eigenvalue weighted by Gasteiger charge is -2.16. The first-order chi connectivity index (χ1) is 9.99. The van der Waals surface area contributed by atoms with E-state index in [1.165, 1.54) is 11.1 Å². The molecule has 2 aromatic carbocycles. The van der Waals surface area contributed by atoms with Crippen LogP contribution < -0.4 is 5.73 Å². The van der Waals surface area contributed by atoms with Gasteiger partial charge in [0.15, 0.2) is 0 Å². The van der Waals surface area contributed by atoms with Crippen molar-refractivity contribution in [1.82, 2.24) is 0 Å². The number of hydrogen-bond acceptors (Lipinski definition) is 3. The molecule has 0 radical (unpaired) electrons. The molecule has 2 unspecified atom stereocenters. The van der Waals surface area contributed by atoms with Gasteiger partial charge in [0.2, 0.25) is 0 Å². The van der Waals surface area contributed by atoms with Crippen LogP contribution >= 0.6 is 0 Å². The second kappa shape index (κ2) is 6.55. The normalized spacial score (nSPS) is 13.5. The van der Waals surface area contributed by atoms with Crippen molar-refractivity contribution >= 4 is 5.97 Å². The number of rotatable bonds is 4. The van der Waals surface area contributed by atoms with Gasteiger partial charge >= 0.3 is 5.97 Å². The van der Waals surface area contributed by atoms with Crippen molar-refractivity contribution in [2.75, 3.05) is 0 Å². The average Bonchev–Trinajstić information content (AvgIpc) is 2.47. The van der Waals surface area contributed by atoms with Gasteiger partial charge in [0.25, 0.3) is 0 Å². The number of carbonyl (C=O) groups excluding carboxylic acids is 1. The average molecular weight is 283 g/mol. The number of esters is 1. The van der Waals surface area contributed by atoms with Crippen LogP contribution in [0, 0.1) is 6.92 Å². The molecule has 2 N–H and O–H groups in total. The summed E-state index contributed by atoms with van der Waals surface area (Å²) in [6, 6.07) is 15.7. The lowest BCUT2D eigenvalue weighted by molar-refractivity contribution is -0.149. The molecule has 0 amide bonds. The first-order valence-corrected chi connectivity index (χ1v) is 7.11. The van der Waals surface area contributed by atoms with E-state index in [1.807, 2.05) is 43.3 Å². The third-order valence-corrected chi connectivity index (χ3v) is 3.50. The summed E-state index contributed by atoms with van der Waals surface area (Å²) in [5.41, 5.74) is 10.1. The Kier molecular flexibility index (Phi) is 4.76. The summed E-state index contributed by atoms with van der Waals surface area (Å²) < 4.78 is 5.30. The van der Waals surface area contributed by atoms with E-state index in [4.69, 9.17) is 10.5 Å². The molecule has 0 bridgehead atoms. The van der Waals surface area contributed by atoms with Gasteiger partial charge in [-0.05, 0) is 43.0 Å². The van der Waals surface area contributed by atoms with E-state index in [0.717, 1.165) is 11.1 Å². The molecule has 0 spiro atoms. The van der Waals surface area contributed by atoms with Crippen molar-refractivity contribution in [2.24, 2.45) is 5.73 Å². The van der Waals surface area contributed by atoms with Crippen LogP contribution in [0.5, 0.6) is 0 Å². The number of carbonyl (C=O) groups is 1. The van der Waals surface area contributed by atoms with Crippen molar-refractivity contribution in [3.63, 3.8) is 0 Å². The molecule has 0 fully saturated rings. The molecule has 3 nitrogen and oxygen atoms in total. The molecule has 2 rings (SSSR count). The van der Waals surface area contributed by atoms with E-state index in [1.54, 1.807) is 6.92 Å². The molecule has 0 aliphatic carbocycles. The first-order valence-electron chi connectivity index (χ1n) is 7.11. The van der Waals surface area contributed by atoms with Crippen molar-refractivity contribution in [2.45, 2.75) is 32.9 Å². The molecule has 0 saturated heterocycles. The van der Waals surface area contributed by atoms with Gasteiger partial charge < -0.3 is 10.5 Å². The summed E-state index contributed by atoms with van der Waals surface area (Å²) in [5.74, 6) is -0.384. The van der Waals surface area contributed by atoms with Crippen LogP contribution in [0.1, 0.15) is 31.1 Å². The van der Waals surface area contributed by atoms with E-state index >= 15 is 0 Å². The third-order valence-electron chi connectivity index (χ3n) is 3.50. The molecule has 0 aromatic heterocycles. The van der Waals surface area contributed by atoms with Crippen LogP contribution in [0.25, 0.3) is 11.1 Å². The van der Waals surface area contributed by atoms with E-state index in [-0.39, 0.29) is 12.1 Å². The molecule has 0 aliphatic rings. The quantitative estimate of drug-likeness (QED) is 0.872. The lowest BCUT2D eigenvalue weighted by Crippen LogP contribution is -2.29. The zero-order valence-corrected chi connectivity index (χ0v) is 12.7. The van der Waals surface area contributed by atoms with Crippen LogP contribution in [0.3, 0.4) is 0 Å². The molecule has 0 aliphatic heterocycles. The van der Waals surface area contributed by atoms with E-state index in [2.05, 4.69) is 19.1 Å². The minimum Gasteiger partial charge on any atom is -0.457 e. The molecular formula is C18H21NO2. The summed E-state index contributed by atoms with van der Waals surface area (Å²) in [4.78, 5) is 11.5. The molecule has 2 aromatic rings. The highest BCUT2D eigenvalue weighted by atomic mass is 16.5.